The van der Waals surface area contributed by atoms with Gasteiger partial charge < -0.3 is 15.0 Å². The number of rotatable bonds is 4. The lowest BCUT2D eigenvalue weighted by molar-refractivity contribution is 0.224. The summed E-state index contributed by atoms with van der Waals surface area (Å²) in [6.07, 6.45) is 4.28. The van der Waals surface area contributed by atoms with Gasteiger partial charge in [-0.3, -0.25) is 4.98 Å². The average molecular weight is 406 g/mol. The van der Waals surface area contributed by atoms with Crippen molar-refractivity contribution in [2.45, 2.75) is 13.0 Å². The van der Waals surface area contributed by atoms with Crippen LogP contribution in [0.2, 0.25) is 5.02 Å². The third-order valence-electron chi connectivity index (χ3n) is 4.47. The lowest BCUT2D eigenvalue weighted by atomic mass is 10.1. The number of nitrogens with two attached hydrogens (primary N) is 1. The maximum absolute atomic E-state index is 9.11. The summed E-state index contributed by atoms with van der Waals surface area (Å²) in [6, 6.07) is 9.37. The first kappa shape index (κ1) is 18.7. The Labute approximate surface area is 171 Å². The fourth-order valence-corrected chi connectivity index (χ4v) is 3.24. The van der Waals surface area contributed by atoms with Crippen LogP contribution in [0.4, 0.5) is 5.82 Å². The monoisotopic (exact) mass is 405 g/mol. The number of halogens is 1. The molecule has 0 fully saturated rings. The number of hydrogen-bond acceptors (Lipinski definition) is 7. The number of aryl methyl sites for hydroxylation is 1. The van der Waals surface area contributed by atoms with E-state index in [4.69, 9.17) is 27.3 Å². The number of nitrogens with zero attached hydrogens (tertiary/aromatic N) is 6. The quantitative estimate of drug-likeness (QED) is 0.550. The molecule has 4 rings (SSSR count). The second-order valence-corrected chi connectivity index (χ2v) is 6.87. The molecule has 144 valence electrons. The predicted molar refractivity (Wildman–Crippen MR) is 109 cm³/mol. The minimum atomic E-state index is -0.440. The zero-order valence-corrected chi connectivity index (χ0v) is 16.4. The van der Waals surface area contributed by atoms with Crippen molar-refractivity contribution in [1.82, 2.24) is 24.5 Å². The van der Waals surface area contributed by atoms with E-state index in [1.807, 2.05) is 31.2 Å². The number of nitriles is 1. The number of pyridine rings is 1. The molecule has 0 amide bonds. The van der Waals surface area contributed by atoms with Crippen LogP contribution in [0.25, 0.3) is 22.2 Å². The fourth-order valence-electron chi connectivity index (χ4n) is 3.05. The molecule has 3 aromatic heterocycles. The van der Waals surface area contributed by atoms with Gasteiger partial charge in [-0.05, 0) is 19.1 Å². The van der Waals surface area contributed by atoms with Gasteiger partial charge in [0.2, 0.25) is 5.82 Å². The van der Waals surface area contributed by atoms with Gasteiger partial charge in [0.1, 0.15) is 29.8 Å². The number of hydrogen-bond donors (Lipinski definition) is 1. The van der Waals surface area contributed by atoms with Crippen LogP contribution in [0.3, 0.4) is 0 Å². The van der Waals surface area contributed by atoms with Gasteiger partial charge in [-0.1, -0.05) is 23.7 Å². The highest BCUT2D eigenvalue weighted by Gasteiger charge is 2.19. The zero-order valence-electron chi connectivity index (χ0n) is 15.7. The van der Waals surface area contributed by atoms with E-state index >= 15 is 0 Å². The smallest absolute Gasteiger partial charge is 0.212 e. The Bertz CT molecular complexity index is 1260. The number of ether oxygens (including phenoxy) is 1. The summed E-state index contributed by atoms with van der Waals surface area (Å²) in [5.41, 5.74) is 8.76. The number of benzene rings is 1. The van der Waals surface area contributed by atoms with Gasteiger partial charge in [0.25, 0.3) is 0 Å². The highest BCUT2D eigenvalue weighted by atomic mass is 35.5. The molecule has 0 spiro atoms. The molecule has 1 aromatic carbocycles. The third kappa shape index (κ3) is 3.44. The second kappa shape index (κ2) is 7.37. The van der Waals surface area contributed by atoms with Gasteiger partial charge in [0.05, 0.1) is 23.0 Å². The van der Waals surface area contributed by atoms with E-state index in [0.717, 1.165) is 5.56 Å². The molecule has 3 heterocycles. The lowest BCUT2D eigenvalue weighted by Crippen LogP contribution is -2.06. The van der Waals surface area contributed by atoms with E-state index in [-0.39, 0.29) is 5.82 Å². The van der Waals surface area contributed by atoms with E-state index in [9.17, 15) is 0 Å². The maximum atomic E-state index is 9.11. The fraction of sp³-hybridized carbons (Fsp3) is 0.150. The van der Waals surface area contributed by atoms with E-state index in [0.29, 0.717) is 38.9 Å². The van der Waals surface area contributed by atoms with Gasteiger partial charge in [0.15, 0.2) is 5.75 Å². The summed E-state index contributed by atoms with van der Waals surface area (Å²) in [4.78, 5) is 17.3. The Kier molecular flexibility index (Phi) is 4.74. The van der Waals surface area contributed by atoms with E-state index in [2.05, 4.69) is 19.9 Å². The van der Waals surface area contributed by atoms with Crippen molar-refractivity contribution in [3.63, 3.8) is 0 Å². The van der Waals surface area contributed by atoms with Crippen LogP contribution in [-0.4, -0.2) is 24.5 Å². The Morgan fingerprint density at radius 2 is 2.10 bits per heavy atom. The Balaban J connectivity index is 1.80. The van der Waals surface area contributed by atoms with Crippen molar-refractivity contribution < 1.29 is 4.74 Å². The summed E-state index contributed by atoms with van der Waals surface area (Å²) >= 11 is 6.13. The molecular formula is C20H16ClN7O. The SMILES string of the molecule is C[C@H](Oc1cnc(-c2cccc(Cl)c2)c2ncnc(N)c12)c1cn(C)c(C#N)n1. The first-order valence-electron chi connectivity index (χ1n) is 8.73. The van der Waals surface area contributed by atoms with Crippen molar-refractivity contribution in [2.24, 2.45) is 7.05 Å². The largest absolute Gasteiger partial charge is 0.482 e. The number of nitrogen functional groups attached to an aromatic ring is 1. The molecule has 0 aliphatic heterocycles. The average Bonchev–Trinajstić information content (AvgIpc) is 3.09. The molecular weight excluding hydrogens is 390 g/mol. The van der Waals surface area contributed by atoms with Crippen LogP contribution in [0.1, 0.15) is 24.5 Å². The minimum absolute atomic E-state index is 0.279. The normalized spacial score (nSPS) is 11.9. The van der Waals surface area contributed by atoms with Gasteiger partial charge in [-0.2, -0.15) is 5.26 Å². The molecule has 0 saturated carbocycles. The van der Waals surface area contributed by atoms with Crippen LogP contribution in [0.5, 0.6) is 5.75 Å². The summed E-state index contributed by atoms with van der Waals surface area (Å²) < 4.78 is 7.73. The molecule has 0 radical (unpaired) electrons. The van der Waals surface area contributed by atoms with Crippen molar-refractivity contribution in [3.05, 3.63) is 59.5 Å². The Morgan fingerprint density at radius 3 is 2.83 bits per heavy atom. The molecule has 29 heavy (non-hydrogen) atoms. The molecule has 4 aromatic rings. The van der Waals surface area contributed by atoms with Crippen molar-refractivity contribution >= 4 is 28.3 Å². The van der Waals surface area contributed by atoms with E-state index < -0.39 is 6.10 Å². The van der Waals surface area contributed by atoms with Crippen LogP contribution < -0.4 is 10.5 Å². The van der Waals surface area contributed by atoms with Crippen LogP contribution in [0, 0.1) is 11.3 Å². The van der Waals surface area contributed by atoms with Crippen LogP contribution >= 0.6 is 11.6 Å². The Hall–Kier alpha value is -3.70. The maximum Gasteiger partial charge on any atom is 0.212 e. The third-order valence-corrected chi connectivity index (χ3v) is 4.71. The van der Waals surface area contributed by atoms with Gasteiger partial charge in [-0.15, -0.1) is 0 Å². The number of fused-ring (bicyclic) bond motifs is 1. The number of anilines is 1. The minimum Gasteiger partial charge on any atom is -0.482 e. The molecule has 0 bridgehead atoms. The van der Waals surface area contributed by atoms with Crippen LogP contribution in [-0.2, 0) is 7.05 Å². The summed E-state index contributed by atoms with van der Waals surface area (Å²) in [7, 11) is 1.75. The lowest BCUT2D eigenvalue weighted by Gasteiger charge is -2.16. The zero-order chi connectivity index (χ0) is 20.5. The highest BCUT2D eigenvalue weighted by molar-refractivity contribution is 6.30. The molecule has 0 unspecified atom stereocenters. The van der Waals surface area contributed by atoms with E-state index in [1.165, 1.54) is 6.33 Å². The molecule has 0 saturated heterocycles. The summed E-state index contributed by atoms with van der Waals surface area (Å²) in [5, 5.41) is 10.3. The second-order valence-electron chi connectivity index (χ2n) is 6.44. The van der Waals surface area contributed by atoms with Gasteiger partial charge in [0, 0.05) is 23.8 Å². The first-order chi connectivity index (χ1) is 14.0. The topological polar surface area (TPSA) is 116 Å². The Morgan fingerprint density at radius 1 is 1.28 bits per heavy atom. The molecule has 9 heteroatoms. The van der Waals surface area contributed by atoms with Crippen molar-refractivity contribution in [3.8, 4) is 23.1 Å². The standard InChI is InChI=1S/C20H16ClN7O/c1-11(14-9-28(2)16(7-22)27-14)29-15-8-24-18(12-4-3-5-13(21)6-12)19-17(15)20(23)26-10-25-19/h3-6,8-11H,1-2H3,(H2,23,25,26)/t11-/m0/s1. The molecule has 2 N–H and O–H groups in total. The summed E-state index contributed by atoms with van der Waals surface area (Å²) in [6.45, 7) is 1.83. The van der Waals surface area contributed by atoms with Crippen molar-refractivity contribution in [1.29, 1.82) is 5.26 Å². The molecule has 8 nitrogen and oxygen atoms in total. The predicted octanol–water partition coefficient (Wildman–Crippen LogP) is 3.67. The highest BCUT2D eigenvalue weighted by Crippen LogP contribution is 2.36. The van der Waals surface area contributed by atoms with Crippen LogP contribution in [0.15, 0.2) is 43.0 Å². The van der Waals surface area contributed by atoms with E-state index in [1.54, 1.807) is 30.1 Å². The number of imidazole rings is 1. The first-order valence-corrected chi connectivity index (χ1v) is 9.11. The molecule has 0 aliphatic rings. The summed E-state index contributed by atoms with van der Waals surface area (Å²) in [5.74, 6) is 1.01. The number of aromatic nitrogens is 5. The molecule has 1 atom stereocenters. The van der Waals surface area contributed by atoms with Gasteiger partial charge in [-0.25, -0.2) is 15.0 Å². The molecule has 0 aliphatic carbocycles. The van der Waals surface area contributed by atoms with Gasteiger partial charge >= 0.3 is 0 Å². The van der Waals surface area contributed by atoms with Crippen molar-refractivity contribution in [2.75, 3.05) is 5.73 Å².